The van der Waals surface area contributed by atoms with Crippen LogP contribution in [0, 0.1) is 6.92 Å². The highest BCUT2D eigenvalue weighted by molar-refractivity contribution is 8.00. The van der Waals surface area contributed by atoms with Crippen molar-refractivity contribution < 1.29 is 19.1 Å². The molecular formula is C25H29N3O4S. The summed E-state index contributed by atoms with van der Waals surface area (Å²) in [6, 6.07) is 9.41. The second-order valence-corrected chi connectivity index (χ2v) is 9.33. The Bertz CT molecular complexity index is 1070. The number of carbonyl (C=O) groups excluding carboxylic acids is 2. The van der Waals surface area contributed by atoms with E-state index >= 15 is 0 Å². The number of pyridine rings is 1. The summed E-state index contributed by atoms with van der Waals surface area (Å²) in [7, 11) is 3.20. The molecule has 1 aliphatic carbocycles. The van der Waals surface area contributed by atoms with E-state index in [1.54, 1.807) is 26.5 Å². The molecule has 0 saturated carbocycles. The normalized spacial score (nSPS) is 17.7. The molecule has 8 heteroatoms. The number of ether oxygens (including phenoxy) is 2. The van der Waals surface area contributed by atoms with Crippen molar-refractivity contribution in [1.82, 2.24) is 9.88 Å². The Balaban J connectivity index is 1.49. The minimum absolute atomic E-state index is 0.0811. The third-order valence-corrected chi connectivity index (χ3v) is 7.25. The first-order valence-corrected chi connectivity index (χ1v) is 12.1. The molecule has 2 heterocycles. The molecule has 174 valence electrons. The number of aromatic nitrogens is 1. The van der Waals surface area contributed by atoms with Crippen LogP contribution >= 0.6 is 11.8 Å². The van der Waals surface area contributed by atoms with Crippen molar-refractivity contribution in [1.29, 1.82) is 0 Å². The molecule has 0 fully saturated rings. The van der Waals surface area contributed by atoms with Gasteiger partial charge in [-0.1, -0.05) is 12.1 Å². The van der Waals surface area contributed by atoms with E-state index in [2.05, 4.69) is 10.3 Å². The topological polar surface area (TPSA) is 80.8 Å². The SMILES string of the molecule is COc1ccc(CN2C(=O)C3=C(CCCC3)C2SCC(=O)Nc2ccc(C)cn2)cc1OC. The summed E-state index contributed by atoms with van der Waals surface area (Å²) in [6.45, 7) is 2.40. The van der Waals surface area contributed by atoms with Crippen molar-refractivity contribution in [2.75, 3.05) is 25.3 Å². The number of hydrogen-bond donors (Lipinski definition) is 1. The first-order valence-electron chi connectivity index (χ1n) is 11.1. The summed E-state index contributed by atoms with van der Waals surface area (Å²) in [5.41, 5.74) is 4.10. The number of nitrogens with one attached hydrogen (secondary N) is 1. The quantitative estimate of drug-likeness (QED) is 0.623. The van der Waals surface area contributed by atoms with Crippen LogP contribution in [0.15, 0.2) is 47.7 Å². The van der Waals surface area contributed by atoms with Gasteiger partial charge in [0.1, 0.15) is 11.2 Å². The lowest BCUT2D eigenvalue weighted by atomic mass is 9.94. The summed E-state index contributed by atoms with van der Waals surface area (Å²) in [6.07, 6.45) is 5.55. The van der Waals surface area contributed by atoms with E-state index in [0.29, 0.717) is 23.9 Å². The summed E-state index contributed by atoms with van der Waals surface area (Å²) in [5.74, 6) is 2.02. The van der Waals surface area contributed by atoms with Crippen LogP contribution in [0.1, 0.15) is 36.8 Å². The molecule has 1 aromatic heterocycles. The highest BCUT2D eigenvalue weighted by atomic mass is 32.2. The van der Waals surface area contributed by atoms with E-state index in [1.807, 2.05) is 36.1 Å². The van der Waals surface area contributed by atoms with Crippen LogP contribution in [0.3, 0.4) is 0 Å². The highest BCUT2D eigenvalue weighted by Gasteiger charge is 2.40. The van der Waals surface area contributed by atoms with Crippen molar-refractivity contribution in [3.8, 4) is 11.5 Å². The number of methoxy groups -OCH3 is 2. The molecule has 1 aliphatic heterocycles. The fourth-order valence-corrected chi connectivity index (χ4v) is 5.50. The van der Waals surface area contributed by atoms with E-state index in [1.165, 1.54) is 17.3 Å². The molecule has 1 N–H and O–H groups in total. The zero-order valence-electron chi connectivity index (χ0n) is 19.2. The van der Waals surface area contributed by atoms with Gasteiger partial charge in [-0.2, -0.15) is 0 Å². The van der Waals surface area contributed by atoms with Crippen LogP contribution in [0.2, 0.25) is 0 Å². The van der Waals surface area contributed by atoms with Crippen LogP contribution in [0.5, 0.6) is 11.5 Å². The summed E-state index contributed by atoms with van der Waals surface area (Å²) in [4.78, 5) is 32.0. The van der Waals surface area contributed by atoms with Gasteiger partial charge in [-0.3, -0.25) is 9.59 Å². The van der Waals surface area contributed by atoms with Crippen molar-refractivity contribution in [3.05, 3.63) is 58.8 Å². The Morgan fingerprint density at radius 2 is 1.94 bits per heavy atom. The molecule has 33 heavy (non-hydrogen) atoms. The lowest BCUT2D eigenvalue weighted by Crippen LogP contribution is -2.34. The smallest absolute Gasteiger partial charge is 0.251 e. The molecule has 1 aromatic carbocycles. The van der Waals surface area contributed by atoms with Crippen LogP contribution in [-0.2, 0) is 16.1 Å². The van der Waals surface area contributed by atoms with Gasteiger partial charge in [0.05, 0.1) is 20.0 Å². The molecule has 1 unspecified atom stereocenters. The highest BCUT2D eigenvalue weighted by Crippen LogP contribution is 2.42. The van der Waals surface area contributed by atoms with Crippen molar-refractivity contribution in [2.24, 2.45) is 0 Å². The second-order valence-electron chi connectivity index (χ2n) is 8.27. The second kappa shape index (κ2) is 10.3. The van der Waals surface area contributed by atoms with Gasteiger partial charge in [0.2, 0.25) is 5.91 Å². The van der Waals surface area contributed by atoms with Gasteiger partial charge in [-0.05, 0) is 67.5 Å². The maximum Gasteiger partial charge on any atom is 0.251 e. The molecule has 0 radical (unpaired) electrons. The van der Waals surface area contributed by atoms with Crippen molar-refractivity contribution in [3.63, 3.8) is 0 Å². The molecular weight excluding hydrogens is 438 g/mol. The number of anilines is 1. The Morgan fingerprint density at radius 1 is 1.15 bits per heavy atom. The van der Waals surface area contributed by atoms with E-state index in [4.69, 9.17) is 9.47 Å². The monoisotopic (exact) mass is 467 g/mol. The van der Waals surface area contributed by atoms with Crippen LogP contribution < -0.4 is 14.8 Å². The number of aryl methyl sites for hydroxylation is 1. The Labute approximate surface area is 198 Å². The molecule has 2 aromatic rings. The predicted molar refractivity (Wildman–Crippen MR) is 129 cm³/mol. The Morgan fingerprint density at radius 3 is 2.67 bits per heavy atom. The molecule has 0 saturated heterocycles. The van der Waals surface area contributed by atoms with E-state index in [9.17, 15) is 9.59 Å². The number of benzene rings is 1. The first kappa shape index (κ1) is 23.2. The van der Waals surface area contributed by atoms with Gasteiger partial charge in [0, 0.05) is 18.3 Å². The van der Waals surface area contributed by atoms with Gasteiger partial charge in [-0.25, -0.2) is 4.98 Å². The number of nitrogens with zero attached hydrogens (tertiary/aromatic N) is 2. The minimum Gasteiger partial charge on any atom is -0.493 e. The van der Waals surface area contributed by atoms with E-state index in [-0.39, 0.29) is 22.9 Å². The third-order valence-electron chi connectivity index (χ3n) is 5.96. The molecule has 0 spiro atoms. The zero-order chi connectivity index (χ0) is 23.4. The lowest BCUT2D eigenvalue weighted by molar-refractivity contribution is -0.126. The molecule has 0 bridgehead atoms. The fourth-order valence-electron chi connectivity index (χ4n) is 4.31. The van der Waals surface area contributed by atoms with Gasteiger partial charge in [0.25, 0.3) is 5.91 Å². The van der Waals surface area contributed by atoms with Gasteiger partial charge in [-0.15, -0.1) is 11.8 Å². The maximum atomic E-state index is 13.3. The zero-order valence-corrected chi connectivity index (χ0v) is 20.0. The summed E-state index contributed by atoms with van der Waals surface area (Å²) >= 11 is 1.50. The van der Waals surface area contributed by atoms with E-state index < -0.39 is 0 Å². The number of hydrogen-bond acceptors (Lipinski definition) is 6. The van der Waals surface area contributed by atoms with Crippen LogP contribution in [-0.4, -0.2) is 47.0 Å². The molecule has 4 rings (SSSR count). The average molecular weight is 468 g/mol. The number of amides is 2. The number of carbonyl (C=O) groups is 2. The molecule has 1 atom stereocenters. The van der Waals surface area contributed by atoms with Crippen molar-refractivity contribution in [2.45, 2.75) is 44.5 Å². The largest absolute Gasteiger partial charge is 0.493 e. The Hall–Kier alpha value is -3.00. The van der Waals surface area contributed by atoms with E-state index in [0.717, 1.165) is 42.4 Å². The van der Waals surface area contributed by atoms with Crippen LogP contribution in [0.4, 0.5) is 5.82 Å². The molecule has 2 aliphatic rings. The van der Waals surface area contributed by atoms with Crippen molar-refractivity contribution >= 4 is 29.4 Å². The summed E-state index contributed by atoms with van der Waals surface area (Å²) < 4.78 is 10.8. The molecule has 2 amide bonds. The van der Waals surface area contributed by atoms with Gasteiger partial charge < -0.3 is 19.7 Å². The first-order chi connectivity index (χ1) is 16.0. The maximum absolute atomic E-state index is 13.3. The lowest BCUT2D eigenvalue weighted by Gasteiger charge is -2.27. The standard InChI is InChI=1S/C25H29N3O4S/c1-16-8-11-22(26-13-16)27-23(29)15-33-25-19-7-5-4-6-18(19)24(30)28(25)14-17-9-10-20(31-2)21(12-17)32-3/h8-13,25H,4-7,14-15H2,1-3H3,(H,26,27,29). The average Bonchev–Trinajstić information content (AvgIpc) is 3.10. The fraction of sp³-hybridized carbons (Fsp3) is 0.400. The minimum atomic E-state index is -0.141. The Kier molecular flexibility index (Phi) is 7.23. The molecule has 7 nitrogen and oxygen atoms in total. The summed E-state index contributed by atoms with van der Waals surface area (Å²) in [5, 5.41) is 2.71. The van der Waals surface area contributed by atoms with Crippen LogP contribution in [0.25, 0.3) is 0 Å². The van der Waals surface area contributed by atoms with Gasteiger partial charge >= 0.3 is 0 Å². The van der Waals surface area contributed by atoms with Gasteiger partial charge in [0.15, 0.2) is 11.5 Å². The third kappa shape index (κ3) is 5.16. The number of rotatable bonds is 8. The number of thioether (sulfide) groups is 1. The predicted octanol–water partition coefficient (Wildman–Crippen LogP) is 4.32.